The molecule has 0 saturated carbocycles. The molecule has 128 valence electrons. The molecule has 23 heavy (non-hydrogen) atoms. The van der Waals surface area contributed by atoms with E-state index in [4.69, 9.17) is 10.3 Å². The number of rotatable bonds is 5. The molecule has 0 radical (unpaired) electrons. The van der Waals surface area contributed by atoms with Gasteiger partial charge in [-0.05, 0) is 24.7 Å². The number of likely N-dealkylation sites (tertiary alicyclic amines) is 1. The highest BCUT2D eigenvalue weighted by Gasteiger charge is 2.23. The van der Waals surface area contributed by atoms with E-state index in [1.165, 1.54) is 0 Å². The first-order chi connectivity index (χ1) is 11.0. The van der Waals surface area contributed by atoms with Crippen LogP contribution < -0.4 is 11.1 Å². The molecule has 1 fully saturated rings. The molecule has 1 aliphatic heterocycles. The molecule has 0 aromatic carbocycles. The first kappa shape index (κ1) is 17.3. The lowest BCUT2D eigenvalue weighted by Crippen LogP contribution is -2.46. The van der Waals surface area contributed by atoms with Crippen molar-refractivity contribution in [1.82, 2.24) is 15.4 Å². The fraction of sp³-hybridized carbons (Fsp3) is 0.688. The maximum Gasteiger partial charge on any atom is 0.217 e. The molecule has 1 saturated heterocycles. The molecule has 1 atom stereocenters. The number of hydrogen-bond acceptors (Lipinski definition) is 4. The Kier molecular flexibility index (Phi) is 6.01. The molecular weight excluding hydrogens is 294 g/mol. The lowest BCUT2D eigenvalue weighted by Gasteiger charge is -2.34. The molecule has 2 rings (SSSR count). The monoisotopic (exact) mass is 321 g/mol. The second-order valence-corrected chi connectivity index (χ2v) is 6.40. The Morgan fingerprint density at radius 2 is 2.39 bits per heavy atom. The van der Waals surface area contributed by atoms with Crippen molar-refractivity contribution in [3.8, 4) is 0 Å². The van der Waals surface area contributed by atoms with Gasteiger partial charge in [0.1, 0.15) is 0 Å². The summed E-state index contributed by atoms with van der Waals surface area (Å²) in [5.41, 5.74) is 6.27. The molecule has 0 spiro atoms. The number of nitrogens with zero attached hydrogens (tertiary/aromatic N) is 3. The molecule has 2 heterocycles. The highest BCUT2D eigenvalue weighted by atomic mass is 16.5. The molecule has 3 N–H and O–H groups in total. The smallest absolute Gasteiger partial charge is 0.217 e. The van der Waals surface area contributed by atoms with Crippen molar-refractivity contribution < 1.29 is 9.32 Å². The van der Waals surface area contributed by atoms with E-state index in [1.54, 1.807) is 7.05 Å². The number of aliphatic imine (C=N–C) groups is 1. The molecule has 0 aliphatic carbocycles. The Balaban J connectivity index is 1.90. The molecule has 1 amide bonds. The number of carbonyl (C=O) groups is 1. The summed E-state index contributed by atoms with van der Waals surface area (Å²) in [5.74, 6) is 2.03. The van der Waals surface area contributed by atoms with Gasteiger partial charge in [0.25, 0.3) is 0 Å². The summed E-state index contributed by atoms with van der Waals surface area (Å²) in [6.45, 7) is 6.45. The van der Waals surface area contributed by atoms with Gasteiger partial charge in [-0.25, -0.2) is 0 Å². The van der Waals surface area contributed by atoms with E-state index in [9.17, 15) is 4.79 Å². The number of nitrogens with two attached hydrogens (primary N) is 1. The van der Waals surface area contributed by atoms with Gasteiger partial charge in [-0.3, -0.25) is 9.79 Å². The van der Waals surface area contributed by atoms with Crippen LogP contribution in [0, 0.1) is 5.92 Å². The van der Waals surface area contributed by atoms with Gasteiger partial charge in [0.05, 0.1) is 12.2 Å². The summed E-state index contributed by atoms with van der Waals surface area (Å²) < 4.78 is 5.33. The standard InChI is InChI=1S/C16H27N5O2/c1-11(2)14-8-13(23-20-14)9-19-16(18-3)21-6-4-5-12(10-21)7-15(17)22/h8,11-12H,4-7,9-10H2,1-3H3,(H2,17,22)(H,18,19). The van der Waals surface area contributed by atoms with Crippen LogP contribution in [0.3, 0.4) is 0 Å². The molecule has 7 heteroatoms. The van der Waals surface area contributed by atoms with Gasteiger partial charge in [-0.1, -0.05) is 19.0 Å². The molecule has 0 bridgehead atoms. The van der Waals surface area contributed by atoms with E-state index in [-0.39, 0.29) is 5.91 Å². The molecule has 1 aromatic rings. The third-order valence-corrected chi connectivity index (χ3v) is 4.11. The van der Waals surface area contributed by atoms with Crippen LogP contribution in [0.4, 0.5) is 0 Å². The second-order valence-electron chi connectivity index (χ2n) is 6.40. The van der Waals surface area contributed by atoms with E-state index >= 15 is 0 Å². The van der Waals surface area contributed by atoms with Crippen molar-refractivity contribution in [2.45, 2.75) is 45.6 Å². The summed E-state index contributed by atoms with van der Waals surface area (Å²) in [6.07, 6.45) is 2.52. The normalized spacial score (nSPS) is 19.2. The van der Waals surface area contributed by atoms with Crippen LogP contribution >= 0.6 is 0 Å². The van der Waals surface area contributed by atoms with Crippen molar-refractivity contribution in [2.24, 2.45) is 16.6 Å². The van der Waals surface area contributed by atoms with Gasteiger partial charge < -0.3 is 20.5 Å². The number of nitrogens with one attached hydrogen (secondary N) is 1. The average molecular weight is 321 g/mol. The minimum absolute atomic E-state index is 0.234. The van der Waals surface area contributed by atoms with Crippen LogP contribution in [0.5, 0.6) is 0 Å². The summed E-state index contributed by atoms with van der Waals surface area (Å²) >= 11 is 0. The molecule has 1 unspecified atom stereocenters. The number of amides is 1. The van der Waals surface area contributed by atoms with E-state index in [1.807, 2.05) is 6.07 Å². The Morgan fingerprint density at radius 1 is 1.61 bits per heavy atom. The SMILES string of the molecule is CN=C(NCc1cc(C(C)C)no1)N1CCCC(CC(N)=O)C1. The first-order valence-electron chi connectivity index (χ1n) is 8.19. The molecule has 7 nitrogen and oxygen atoms in total. The van der Waals surface area contributed by atoms with Crippen molar-refractivity contribution >= 4 is 11.9 Å². The minimum Gasteiger partial charge on any atom is -0.370 e. The second kappa shape index (κ2) is 7.99. The Bertz CT molecular complexity index is 552. The first-order valence-corrected chi connectivity index (χ1v) is 8.19. The van der Waals surface area contributed by atoms with Crippen LogP contribution in [0.1, 0.15) is 50.5 Å². The molecule has 1 aliphatic rings. The number of primary amides is 1. The van der Waals surface area contributed by atoms with E-state index in [2.05, 4.69) is 34.2 Å². The predicted molar refractivity (Wildman–Crippen MR) is 88.9 cm³/mol. The Hall–Kier alpha value is -2.05. The van der Waals surface area contributed by atoms with Crippen LogP contribution in [-0.4, -0.2) is 42.1 Å². The van der Waals surface area contributed by atoms with E-state index in [0.29, 0.717) is 24.8 Å². The van der Waals surface area contributed by atoms with Crippen LogP contribution in [0.15, 0.2) is 15.6 Å². The van der Waals surface area contributed by atoms with Crippen LogP contribution in [0.2, 0.25) is 0 Å². The molecule has 1 aromatic heterocycles. The fourth-order valence-electron chi connectivity index (χ4n) is 2.89. The van der Waals surface area contributed by atoms with Gasteiger partial charge in [-0.2, -0.15) is 0 Å². The van der Waals surface area contributed by atoms with Gasteiger partial charge in [0.2, 0.25) is 5.91 Å². The third kappa shape index (κ3) is 4.97. The van der Waals surface area contributed by atoms with Crippen molar-refractivity contribution in [2.75, 3.05) is 20.1 Å². The largest absolute Gasteiger partial charge is 0.370 e. The van der Waals surface area contributed by atoms with Gasteiger partial charge >= 0.3 is 0 Å². The summed E-state index contributed by atoms with van der Waals surface area (Å²) in [7, 11) is 1.76. The topological polar surface area (TPSA) is 96.8 Å². The number of guanidine groups is 1. The van der Waals surface area contributed by atoms with Crippen molar-refractivity contribution in [1.29, 1.82) is 0 Å². The summed E-state index contributed by atoms with van der Waals surface area (Å²) in [6, 6.07) is 1.97. The highest BCUT2D eigenvalue weighted by molar-refractivity contribution is 5.80. The van der Waals surface area contributed by atoms with Gasteiger partial charge in [0.15, 0.2) is 11.7 Å². The number of piperidine rings is 1. The van der Waals surface area contributed by atoms with Gasteiger partial charge in [0, 0.05) is 32.6 Å². The van der Waals surface area contributed by atoms with Crippen molar-refractivity contribution in [3.05, 3.63) is 17.5 Å². The Morgan fingerprint density at radius 3 is 3.00 bits per heavy atom. The van der Waals surface area contributed by atoms with Crippen LogP contribution in [0.25, 0.3) is 0 Å². The number of aromatic nitrogens is 1. The maximum atomic E-state index is 11.1. The summed E-state index contributed by atoms with van der Waals surface area (Å²) in [5, 5.41) is 7.36. The maximum absolute atomic E-state index is 11.1. The quantitative estimate of drug-likeness (QED) is 0.632. The van der Waals surface area contributed by atoms with E-state index < -0.39 is 0 Å². The Labute approximate surface area is 137 Å². The zero-order chi connectivity index (χ0) is 16.8. The zero-order valence-electron chi connectivity index (χ0n) is 14.2. The van der Waals surface area contributed by atoms with Gasteiger partial charge in [-0.15, -0.1) is 0 Å². The van der Waals surface area contributed by atoms with Crippen molar-refractivity contribution in [3.63, 3.8) is 0 Å². The predicted octanol–water partition coefficient (Wildman–Crippen LogP) is 1.46. The zero-order valence-corrected chi connectivity index (χ0v) is 14.2. The highest BCUT2D eigenvalue weighted by Crippen LogP contribution is 2.19. The third-order valence-electron chi connectivity index (χ3n) is 4.11. The fourth-order valence-corrected chi connectivity index (χ4v) is 2.89. The lowest BCUT2D eigenvalue weighted by atomic mass is 9.95. The number of hydrogen-bond donors (Lipinski definition) is 2. The summed E-state index contributed by atoms with van der Waals surface area (Å²) in [4.78, 5) is 17.6. The average Bonchev–Trinajstić information content (AvgIpc) is 2.97. The minimum atomic E-state index is -0.234. The van der Waals surface area contributed by atoms with Crippen LogP contribution in [-0.2, 0) is 11.3 Å². The lowest BCUT2D eigenvalue weighted by molar-refractivity contribution is -0.119. The number of carbonyl (C=O) groups excluding carboxylic acids is 1. The van der Waals surface area contributed by atoms with E-state index in [0.717, 1.165) is 43.3 Å². The molecular formula is C16H27N5O2.